The smallest absolute Gasteiger partial charge is 0.0148 e. The number of hydrogen-bond donors (Lipinski definition) is 0. The third-order valence-electron chi connectivity index (χ3n) is 2.99. The molecule has 2 atom stereocenters. The number of rotatable bonds is 4. The molecule has 1 rings (SSSR count). The van der Waals surface area contributed by atoms with Crippen molar-refractivity contribution in [1.29, 1.82) is 0 Å². The second-order valence-corrected chi connectivity index (χ2v) is 5.50. The summed E-state index contributed by atoms with van der Waals surface area (Å²) in [4.78, 5) is 0.795. The Morgan fingerprint density at radius 2 is 2.08 bits per heavy atom. The molecule has 0 saturated heterocycles. The van der Waals surface area contributed by atoms with E-state index in [-0.39, 0.29) is 0 Å². The summed E-state index contributed by atoms with van der Waals surface area (Å²) in [5, 5.41) is 0. The Morgan fingerprint density at radius 1 is 1.31 bits per heavy atom. The van der Waals surface area contributed by atoms with Crippen LogP contribution in [0.1, 0.15) is 51.4 Å². The Bertz CT molecular complexity index is 142. The van der Waals surface area contributed by atoms with Crippen LogP contribution >= 0.6 is 15.9 Å². The highest BCUT2D eigenvalue weighted by atomic mass is 79.9. The van der Waals surface area contributed by atoms with Crippen LogP contribution in [0, 0.1) is 5.92 Å². The van der Waals surface area contributed by atoms with E-state index in [1.165, 1.54) is 51.4 Å². The molecule has 1 fully saturated rings. The Balaban J connectivity index is 2.18. The van der Waals surface area contributed by atoms with Gasteiger partial charge in [0.1, 0.15) is 0 Å². The van der Waals surface area contributed by atoms with E-state index < -0.39 is 0 Å². The van der Waals surface area contributed by atoms with Gasteiger partial charge in [-0.05, 0) is 31.6 Å². The fraction of sp³-hybridized carbons (Fsp3) is 0.833. The van der Waals surface area contributed by atoms with Gasteiger partial charge in [-0.25, -0.2) is 0 Å². The van der Waals surface area contributed by atoms with Crippen molar-refractivity contribution in [3.8, 4) is 0 Å². The normalized spacial score (nSPS) is 29.6. The lowest BCUT2D eigenvalue weighted by Crippen LogP contribution is -2.04. The van der Waals surface area contributed by atoms with Crippen LogP contribution < -0.4 is 0 Å². The van der Waals surface area contributed by atoms with Gasteiger partial charge in [0.25, 0.3) is 0 Å². The highest BCUT2D eigenvalue weighted by Crippen LogP contribution is 2.30. The number of unbranched alkanes of at least 4 members (excludes halogenated alkanes) is 1. The maximum atomic E-state index is 3.77. The molecule has 76 valence electrons. The summed E-state index contributed by atoms with van der Waals surface area (Å²) in [6.45, 7) is 3.77. The number of alkyl halides is 1. The van der Waals surface area contributed by atoms with Crippen molar-refractivity contribution in [1.82, 2.24) is 0 Å². The topological polar surface area (TPSA) is 0 Å². The molecule has 2 unspecified atom stereocenters. The van der Waals surface area contributed by atoms with E-state index in [4.69, 9.17) is 0 Å². The Morgan fingerprint density at radius 3 is 2.85 bits per heavy atom. The van der Waals surface area contributed by atoms with Crippen molar-refractivity contribution in [3.63, 3.8) is 0 Å². The Kier molecular flexibility index (Phi) is 5.77. The van der Waals surface area contributed by atoms with Crippen LogP contribution in [0.5, 0.6) is 0 Å². The molecule has 0 aliphatic heterocycles. The zero-order valence-electron chi connectivity index (χ0n) is 8.47. The third-order valence-corrected chi connectivity index (χ3v) is 3.82. The van der Waals surface area contributed by atoms with Crippen molar-refractivity contribution < 1.29 is 0 Å². The van der Waals surface area contributed by atoms with Crippen LogP contribution in [0.25, 0.3) is 0 Å². The van der Waals surface area contributed by atoms with E-state index >= 15 is 0 Å². The first-order chi connectivity index (χ1) is 6.33. The van der Waals surface area contributed by atoms with Crippen molar-refractivity contribution in [2.24, 2.45) is 5.92 Å². The maximum absolute atomic E-state index is 3.77. The van der Waals surface area contributed by atoms with Crippen LogP contribution in [0.4, 0.5) is 0 Å². The van der Waals surface area contributed by atoms with E-state index in [0.717, 1.165) is 10.7 Å². The molecule has 1 aliphatic carbocycles. The van der Waals surface area contributed by atoms with Gasteiger partial charge in [0, 0.05) is 4.83 Å². The fourth-order valence-corrected chi connectivity index (χ4v) is 3.06. The molecule has 0 radical (unpaired) electrons. The molecule has 0 amide bonds. The Labute approximate surface area is 90.9 Å². The molecule has 0 heterocycles. The molecule has 0 bridgehead atoms. The SMILES string of the molecule is C=CCCCC1CCCCC(Br)C1. The van der Waals surface area contributed by atoms with E-state index in [1.807, 2.05) is 6.08 Å². The maximum Gasteiger partial charge on any atom is 0.0148 e. The zero-order valence-corrected chi connectivity index (χ0v) is 10.1. The largest absolute Gasteiger partial charge is 0.103 e. The van der Waals surface area contributed by atoms with Crippen molar-refractivity contribution in [2.75, 3.05) is 0 Å². The molecule has 0 aromatic heterocycles. The highest BCUT2D eigenvalue weighted by Gasteiger charge is 2.17. The average Bonchev–Trinajstić information content (AvgIpc) is 2.31. The minimum absolute atomic E-state index is 0.795. The third kappa shape index (κ3) is 4.85. The van der Waals surface area contributed by atoms with Gasteiger partial charge in [-0.2, -0.15) is 0 Å². The van der Waals surface area contributed by atoms with Gasteiger partial charge in [-0.15, -0.1) is 6.58 Å². The van der Waals surface area contributed by atoms with E-state index in [1.54, 1.807) is 0 Å². The van der Waals surface area contributed by atoms with E-state index in [9.17, 15) is 0 Å². The average molecular weight is 245 g/mol. The summed E-state index contributed by atoms with van der Waals surface area (Å²) in [5.74, 6) is 0.979. The molecule has 1 aliphatic rings. The van der Waals surface area contributed by atoms with Crippen LogP contribution in [0.2, 0.25) is 0 Å². The lowest BCUT2D eigenvalue weighted by atomic mass is 9.94. The molecule has 0 nitrogen and oxygen atoms in total. The minimum Gasteiger partial charge on any atom is -0.103 e. The second-order valence-electron chi connectivity index (χ2n) is 4.20. The first kappa shape index (κ1) is 11.3. The molecule has 1 heteroatoms. The van der Waals surface area contributed by atoms with E-state index in [2.05, 4.69) is 22.5 Å². The van der Waals surface area contributed by atoms with Gasteiger partial charge in [0.15, 0.2) is 0 Å². The molecule has 0 aromatic carbocycles. The number of halogens is 1. The van der Waals surface area contributed by atoms with E-state index in [0.29, 0.717) is 0 Å². The molecule has 1 saturated carbocycles. The lowest BCUT2D eigenvalue weighted by molar-refractivity contribution is 0.422. The monoisotopic (exact) mass is 244 g/mol. The lowest BCUT2D eigenvalue weighted by Gasteiger charge is -2.15. The van der Waals surface area contributed by atoms with Gasteiger partial charge in [-0.1, -0.05) is 47.7 Å². The molecule has 0 N–H and O–H groups in total. The zero-order chi connectivity index (χ0) is 9.52. The summed E-state index contributed by atoms with van der Waals surface area (Å²) in [7, 11) is 0. The van der Waals surface area contributed by atoms with Gasteiger partial charge in [0.05, 0.1) is 0 Å². The van der Waals surface area contributed by atoms with Crippen molar-refractivity contribution >= 4 is 15.9 Å². The van der Waals surface area contributed by atoms with Gasteiger partial charge in [0.2, 0.25) is 0 Å². The molecular weight excluding hydrogens is 224 g/mol. The number of hydrogen-bond acceptors (Lipinski definition) is 0. The fourth-order valence-electron chi connectivity index (χ4n) is 2.21. The van der Waals surface area contributed by atoms with Crippen LogP contribution in [0.15, 0.2) is 12.7 Å². The predicted octanol–water partition coefficient (Wildman–Crippen LogP) is 4.69. The minimum atomic E-state index is 0.795. The van der Waals surface area contributed by atoms with Gasteiger partial charge < -0.3 is 0 Å². The van der Waals surface area contributed by atoms with Gasteiger partial charge >= 0.3 is 0 Å². The summed E-state index contributed by atoms with van der Waals surface area (Å²) in [5.41, 5.74) is 0. The molecule has 13 heavy (non-hydrogen) atoms. The molecular formula is C12H21Br. The Hall–Kier alpha value is 0.220. The second kappa shape index (κ2) is 6.64. The molecule has 0 aromatic rings. The summed E-state index contributed by atoms with van der Waals surface area (Å²) in [6, 6.07) is 0. The van der Waals surface area contributed by atoms with Crippen LogP contribution in [-0.4, -0.2) is 4.83 Å². The van der Waals surface area contributed by atoms with Crippen molar-refractivity contribution in [2.45, 2.75) is 56.2 Å². The molecule has 0 spiro atoms. The van der Waals surface area contributed by atoms with Crippen LogP contribution in [0.3, 0.4) is 0 Å². The summed E-state index contributed by atoms with van der Waals surface area (Å²) in [6.07, 6.45) is 13.1. The number of allylic oxidation sites excluding steroid dienone is 1. The van der Waals surface area contributed by atoms with Gasteiger partial charge in [-0.3, -0.25) is 0 Å². The standard InChI is InChI=1S/C12H21Br/c1-2-3-4-7-11-8-5-6-9-12(13)10-11/h2,11-12H,1,3-10H2. The summed E-state index contributed by atoms with van der Waals surface area (Å²) >= 11 is 3.77. The summed E-state index contributed by atoms with van der Waals surface area (Å²) < 4.78 is 0. The van der Waals surface area contributed by atoms with Crippen LogP contribution in [-0.2, 0) is 0 Å². The van der Waals surface area contributed by atoms with Crippen molar-refractivity contribution in [3.05, 3.63) is 12.7 Å². The first-order valence-electron chi connectivity index (χ1n) is 5.58. The highest BCUT2D eigenvalue weighted by molar-refractivity contribution is 9.09. The predicted molar refractivity (Wildman–Crippen MR) is 63.3 cm³/mol. The quantitative estimate of drug-likeness (QED) is 0.292. The first-order valence-corrected chi connectivity index (χ1v) is 6.49.